The molecule has 0 aliphatic carbocycles. The fraction of sp³-hybridized carbons (Fsp3) is 0.320. The Kier molecular flexibility index (Phi) is 9.79. The Morgan fingerprint density at radius 3 is 2.47 bits per heavy atom. The predicted octanol–water partition coefficient (Wildman–Crippen LogP) is 4.07. The Balaban J connectivity index is 2.02. The lowest BCUT2D eigenvalue weighted by molar-refractivity contribution is -0.134. The number of aryl methyl sites for hydroxylation is 1. The molecule has 0 aliphatic heterocycles. The van der Waals surface area contributed by atoms with Crippen molar-refractivity contribution in [2.24, 2.45) is 0 Å². The van der Waals surface area contributed by atoms with E-state index in [0.717, 1.165) is 17.7 Å². The maximum Gasteiger partial charge on any atom is 0.311 e. The summed E-state index contributed by atoms with van der Waals surface area (Å²) in [7, 11) is 1.46. The van der Waals surface area contributed by atoms with Crippen molar-refractivity contribution < 1.29 is 23.8 Å². The molecule has 1 N–H and O–H groups in total. The molecule has 0 aromatic heterocycles. The second-order valence-corrected chi connectivity index (χ2v) is 6.89. The minimum atomic E-state index is -0.432. The first kappa shape index (κ1) is 24.5. The average molecular weight is 437 g/mol. The van der Waals surface area contributed by atoms with Crippen LogP contribution in [-0.4, -0.2) is 32.1 Å². The number of nitrogens with one attached hydrogen (secondary N) is 1. The van der Waals surface area contributed by atoms with Crippen LogP contribution in [0.3, 0.4) is 0 Å². The third-order valence-electron chi connectivity index (χ3n) is 4.48. The number of ether oxygens (including phenoxy) is 3. The third kappa shape index (κ3) is 7.47. The second kappa shape index (κ2) is 12.8. The SMILES string of the molecule is CCCNC(=O)/C(C#N)=C/c1ccc(OC(=O)CCc2ccc(OCC)cc2)c(OC)c1. The molecule has 0 saturated carbocycles. The first-order chi connectivity index (χ1) is 15.5. The molecule has 0 atom stereocenters. The second-order valence-electron chi connectivity index (χ2n) is 6.89. The first-order valence-electron chi connectivity index (χ1n) is 10.5. The molecule has 168 valence electrons. The average Bonchev–Trinajstić information content (AvgIpc) is 2.81. The van der Waals surface area contributed by atoms with Gasteiger partial charge in [-0.3, -0.25) is 9.59 Å². The van der Waals surface area contributed by atoms with Crippen molar-refractivity contribution in [3.05, 3.63) is 59.2 Å². The van der Waals surface area contributed by atoms with E-state index < -0.39 is 11.9 Å². The van der Waals surface area contributed by atoms with E-state index in [-0.39, 0.29) is 17.7 Å². The van der Waals surface area contributed by atoms with Gasteiger partial charge in [0, 0.05) is 13.0 Å². The number of hydrogen-bond donors (Lipinski definition) is 1. The van der Waals surface area contributed by atoms with Crippen molar-refractivity contribution >= 4 is 18.0 Å². The van der Waals surface area contributed by atoms with E-state index in [2.05, 4.69) is 5.32 Å². The van der Waals surface area contributed by atoms with Crippen LogP contribution < -0.4 is 19.5 Å². The predicted molar refractivity (Wildman–Crippen MR) is 121 cm³/mol. The molecule has 0 spiro atoms. The zero-order valence-corrected chi connectivity index (χ0v) is 18.6. The highest BCUT2D eigenvalue weighted by molar-refractivity contribution is 6.01. The monoisotopic (exact) mass is 436 g/mol. The fourth-order valence-electron chi connectivity index (χ4n) is 2.85. The van der Waals surface area contributed by atoms with E-state index in [1.54, 1.807) is 18.2 Å². The molecular weight excluding hydrogens is 408 g/mol. The summed E-state index contributed by atoms with van der Waals surface area (Å²) in [6.45, 7) is 4.95. The smallest absolute Gasteiger partial charge is 0.311 e. The van der Waals surface area contributed by atoms with Gasteiger partial charge in [-0.15, -0.1) is 0 Å². The summed E-state index contributed by atoms with van der Waals surface area (Å²) in [5.74, 6) is 0.574. The number of esters is 1. The van der Waals surface area contributed by atoms with Gasteiger partial charge in [-0.05, 0) is 61.2 Å². The topological polar surface area (TPSA) is 97.7 Å². The van der Waals surface area contributed by atoms with Crippen molar-refractivity contribution in [3.8, 4) is 23.3 Å². The number of amides is 1. The standard InChI is InChI=1S/C25H28N2O5/c1-4-14-27-25(29)20(17-26)15-19-8-12-22(23(16-19)30-3)32-24(28)13-9-18-6-10-21(11-7-18)31-5-2/h6-8,10-12,15-16H,4-5,9,13-14H2,1-3H3,(H,27,29)/b20-15+. The van der Waals surface area contributed by atoms with Crippen LogP contribution in [0.2, 0.25) is 0 Å². The lowest BCUT2D eigenvalue weighted by Gasteiger charge is -2.10. The summed E-state index contributed by atoms with van der Waals surface area (Å²) in [6, 6.07) is 14.3. The molecule has 0 bridgehead atoms. The molecule has 0 saturated heterocycles. The van der Waals surface area contributed by atoms with Crippen LogP contribution in [-0.2, 0) is 16.0 Å². The minimum absolute atomic E-state index is 0.0133. The van der Waals surface area contributed by atoms with Crippen molar-refractivity contribution in [2.45, 2.75) is 33.1 Å². The molecule has 0 aliphatic rings. The maximum absolute atomic E-state index is 12.3. The van der Waals surface area contributed by atoms with Crippen LogP contribution in [0.5, 0.6) is 17.2 Å². The van der Waals surface area contributed by atoms with Crippen LogP contribution >= 0.6 is 0 Å². The van der Waals surface area contributed by atoms with E-state index in [1.165, 1.54) is 13.2 Å². The number of carbonyl (C=O) groups excluding carboxylic acids is 2. The number of hydrogen-bond acceptors (Lipinski definition) is 6. The highest BCUT2D eigenvalue weighted by atomic mass is 16.6. The molecule has 0 radical (unpaired) electrons. The summed E-state index contributed by atoms with van der Waals surface area (Å²) in [6.07, 6.45) is 2.98. The van der Waals surface area contributed by atoms with Crippen molar-refractivity contribution in [1.29, 1.82) is 5.26 Å². The van der Waals surface area contributed by atoms with Crippen molar-refractivity contribution in [1.82, 2.24) is 5.32 Å². The number of benzene rings is 2. The summed E-state index contributed by atoms with van der Waals surface area (Å²) in [5, 5.41) is 11.9. The van der Waals surface area contributed by atoms with Gasteiger partial charge >= 0.3 is 5.97 Å². The lowest BCUT2D eigenvalue weighted by Crippen LogP contribution is -2.25. The Labute approximate surface area is 188 Å². The Bertz CT molecular complexity index is 990. The first-order valence-corrected chi connectivity index (χ1v) is 10.5. The highest BCUT2D eigenvalue weighted by Gasteiger charge is 2.13. The Hall–Kier alpha value is -3.79. The van der Waals surface area contributed by atoms with E-state index in [4.69, 9.17) is 14.2 Å². The summed E-state index contributed by atoms with van der Waals surface area (Å²) in [5.41, 5.74) is 1.57. The molecule has 7 heteroatoms. The molecule has 2 rings (SSSR count). The van der Waals surface area contributed by atoms with E-state index in [9.17, 15) is 14.9 Å². The Morgan fingerprint density at radius 1 is 1.09 bits per heavy atom. The van der Waals surface area contributed by atoms with Gasteiger partial charge in [0.05, 0.1) is 13.7 Å². The molecular formula is C25H28N2O5. The zero-order valence-electron chi connectivity index (χ0n) is 18.6. The number of methoxy groups -OCH3 is 1. The van der Waals surface area contributed by atoms with Crippen LogP contribution in [0.1, 0.15) is 37.8 Å². The molecule has 0 unspecified atom stereocenters. The summed E-state index contributed by atoms with van der Waals surface area (Å²) in [4.78, 5) is 24.3. The molecule has 0 fully saturated rings. The normalized spacial score (nSPS) is 10.8. The van der Waals surface area contributed by atoms with E-state index in [0.29, 0.717) is 30.9 Å². The fourth-order valence-corrected chi connectivity index (χ4v) is 2.85. The number of nitriles is 1. The van der Waals surface area contributed by atoms with Crippen LogP contribution in [0.25, 0.3) is 6.08 Å². The van der Waals surface area contributed by atoms with E-state index in [1.807, 2.05) is 44.2 Å². The molecule has 7 nitrogen and oxygen atoms in total. The van der Waals surface area contributed by atoms with Gasteiger partial charge in [-0.2, -0.15) is 5.26 Å². The Morgan fingerprint density at radius 2 is 1.84 bits per heavy atom. The van der Waals surface area contributed by atoms with Crippen LogP contribution in [0.4, 0.5) is 0 Å². The van der Waals surface area contributed by atoms with E-state index >= 15 is 0 Å². The highest BCUT2D eigenvalue weighted by Crippen LogP contribution is 2.29. The quantitative estimate of drug-likeness (QED) is 0.247. The summed E-state index contributed by atoms with van der Waals surface area (Å²) >= 11 is 0. The molecule has 32 heavy (non-hydrogen) atoms. The van der Waals surface area contributed by atoms with Gasteiger partial charge < -0.3 is 19.5 Å². The third-order valence-corrected chi connectivity index (χ3v) is 4.48. The van der Waals surface area contributed by atoms with Crippen molar-refractivity contribution in [2.75, 3.05) is 20.3 Å². The molecule has 2 aromatic rings. The number of carbonyl (C=O) groups is 2. The maximum atomic E-state index is 12.3. The molecule has 2 aromatic carbocycles. The van der Waals surface area contributed by atoms with Gasteiger partial charge in [-0.1, -0.05) is 25.1 Å². The minimum Gasteiger partial charge on any atom is -0.494 e. The number of rotatable bonds is 11. The van der Waals surface area contributed by atoms with Gasteiger partial charge in [0.15, 0.2) is 11.5 Å². The molecule has 0 heterocycles. The van der Waals surface area contributed by atoms with Gasteiger partial charge in [-0.25, -0.2) is 0 Å². The van der Waals surface area contributed by atoms with Gasteiger partial charge in [0.25, 0.3) is 5.91 Å². The lowest BCUT2D eigenvalue weighted by atomic mass is 10.1. The van der Waals surface area contributed by atoms with Gasteiger partial charge in [0.2, 0.25) is 0 Å². The van der Waals surface area contributed by atoms with Crippen LogP contribution in [0, 0.1) is 11.3 Å². The zero-order chi connectivity index (χ0) is 23.3. The summed E-state index contributed by atoms with van der Waals surface area (Å²) < 4.78 is 16.2. The van der Waals surface area contributed by atoms with Gasteiger partial charge in [0.1, 0.15) is 17.4 Å². The van der Waals surface area contributed by atoms with Crippen molar-refractivity contribution in [3.63, 3.8) is 0 Å². The largest absolute Gasteiger partial charge is 0.494 e. The number of nitrogens with zero attached hydrogens (tertiary/aromatic N) is 1. The van der Waals surface area contributed by atoms with Crippen LogP contribution in [0.15, 0.2) is 48.0 Å². The molecule has 1 amide bonds.